The summed E-state index contributed by atoms with van der Waals surface area (Å²) in [7, 11) is 0. The van der Waals surface area contributed by atoms with Gasteiger partial charge in [0, 0.05) is 0 Å². The summed E-state index contributed by atoms with van der Waals surface area (Å²) in [5, 5.41) is 14.0. The van der Waals surface area contributed by atoms with Crippen LogP contribution in [0.25, 0.3) is 11.6 Å². The molecular formula is C18H14N4O4S2. The number of hydrogen-bond acceptors (Lipinski definition) is 9. The van der Waals surface area contributed by atoms with E-state index >= 15 is 0 Å². The SMILES string of the molecule is CSc1nc(-c2ccco2)nc(C)c1C(=O)OCC(=O)Nc1sccc1C#N. The molecule has 3 rings (SSSR count). The summed E-state index contributed by atoms with van der Waals surface area (Å²) in [6.07, 6.45) is 3.29. The normalized spacial score (nSPS) is 10.3. The molecule has 3 aromatic heterocycles. The molecule has 0 saturated heterocycles. The van der Waals surface area contributed by atoms with Gasteiger partial charge in [0.25, 0.3) is 5.91 Å². The van der Waals surface area contributed by atoms with Gasteiger partial charge < -0.3 is 14.5 Å². The number of carbonyl (C=O) groups is 2. The van der Waals surface area contributed by atoms with E-state index in [1.165, 1.54) is 29.4 Å². The second-order valence-corrected chi connectivity index (χ2v) is 7.10. The lowest BCUT2D eigenvalue weighted by Crippen LogP contribution is -2.22. The lowest BCUT2D eigenvalue weighted by atomic mass is 10.2. The molecule has 0 aliphatic rings. The Morgan fingerprint density at radius 3 is 2.89 bits per heavy atom. The Kier molecular flexibility index (Phi) is 6.08. The number of amides is 1. The van der Waals surface area contributed by atoms with E-state index in [1.807, 2.05) is 6.07 Å². The highest BCUT2D eigenvalue weighted by Crippen LogP contribution is 2.26. The summed E-state index contributed by atoms with van der Waals surface area (Å²) in [5.74, 6) is -0.386. The van der Waals surface area contributed by atoms with Gasteiger partial charge in [-0.1, -0.05) is 0 Å². The summed E-state index contributed by atoms with van der Waals surface area (Å²) in [6.45, 7) is 1.17. The Morgan fingerprint density at radius 1 is 1.39 bits per heavy atom. The van der Waals surface area contributed by atoms with Crippen molar-refractivity contribution in [3.8, 4) is 17.7 Å². The van der Waals surface area contributed by atoms with Crippen LogP contribution in [0, 0.1) is 18.3 Å². The van der Waals surface area contributed by atoms with Gasteiger partial charge in [-0.3, -0.25) is 4.79 Å². The highest BCUT2D eigenvalue weighted by atomic mass is 32.2. The molecule has 0 saturated carbocycles. The van der Waals surface area contributed by atoms with E-state index in [9.17, 15) is 9.59 Å². The van der Waals surface area contributed by atoms with Crippen LogP contribution in [0.1, 0.15) is 21.6 Å². The fourth-order valence-corrected chi connectivity index (χ4v) is 3.67. The number of anilines is 1. The molecule has 0 atom stereocenters. The molecule has 0 radical (unpaired) electrons. The number of aromatic nitrogens is 2. The summed E-state index contributed by atoms with van der Waals surface area (Å²) >= 11 is 2.48. The van der Waals surface area contributed by atoms with Crippen molar-refractivity contribution >= 4 is 40.0 Å². The summed E-state index contributed by atoms with van der Waals surface area (Å²) < 4.78 is 10.4. The summed E-state index contributed by atoms with van der Waals surface area (Å²) in [5.41, 5.74) is 0.970. The van der Waals surface area contributed by atoms with Crippen LogP contribution < -0.4 is 5.32 Å². The Bertz CT molecular complexity index is 1050. The molecule has 3 heterocycles. The Balaban J connectivity index is 1.72. The van der Waals surface area contributed by atoms with E-state index in [-0.39, 0.29) is 5.56 Å². The van der Waals surface area contributed by atoms with Gasteiger partial charge in [0.15, 0.2) is 18.2 Å². The van der Waals surface area contributed by atoms with Crippen molar-refractivity contribution in [2.24, 2.45) is 0 Å². The lowest BCUT2D eigenvalue weighted by molar-refractivity contribution is -0.119. The quantitative estimate of drug-likeness (QED) is 0.370. The number of thiophene rings is 1. The number of ether oxygens (including phenoxy) is 1. The third-order valence-corrected chi connectivity index (χ3v) is 5.08. The Hall–Kier alpha value is -3.16. The van der Waals surface area contributed by atoms with Crippen molar-refractivity contribution in [3.05, 3.63) is 46.7 Å². The predicted octanol–water partition coefficient (Wildman–Crippen LogP) is 3.50. The molecule has 1 N–H and O–H groups in total. The van der Waals surface area contributed by atoms with Crippen molar-refractivity contribution < 1.29 is 18.7 Å². The zero-order valence-corrected chi connectivity index (χ0v) is 16.5. The number of furan rings is 1. The molecule has 0 spiro atoms. The zero-order chi connectivity index (χ0) is 20.1. The van der Waals surface area contributed by atoms with Crippen molar-refractivity contribution in [3.63, 3.8) is 0 Å². The molecule has 142 valence electrons. The molecule has 0 unspecified atom stereocenters. The number of hydrogen-bond donors (Lipinski definition) is 1. The average Bonchev–Trinajstić information content (AvgIpc) is 3.37. The molecule has 3 aromatic rings. The predicted molar refractivity (Wildman–Crippen MR) is 104 cm³/mol. The van der Waals surface area contributed by atoms with Crippen LogP contribution in [0.3, 0.4) is 0 Å². The third kappa shape index (κ3) is 4.21. The zero-order valence-electron chi connectivity index (χ0n) is 14.9. The first-order chi connectivity index (χ1) is 13.5. The summed E-state index contributed by atoms with van der Waals surface area (Å²) in [6, 6.07) is 7.01. The van der Waals surface area contributed by atoms with Gasteiger partial charge >= 0.3 is 5.97 Å². The van der Waals surface area contributed by atoms with Gasteiger partial charge in [-0.15, -0.1) is 23.1 Å². The summed E-state index contributed by atoms with van der Waals surface area (Å²) in [4.78, 5) is 33.2. The minimum atomic E-state index is -0.699. The number of carbonyl (C=O) groups excluding carboxylic acids is 2. The molecule has 0 fully saturated rings. The molecule has 0 aliphatic heterocycles. The van der Waals surface area contributed by atoms with Gasteiger partial charge in [-0.05, 0) is 36.8 Å². The van der Waals surface area contributed by atoms with Crippen LogP contribution in [-0.4, -0.2) is 34.7 Å². The van der Waals surface area contributed by atoms with Crippen LogP contribution >= 0.6 is 23.1 Å². The number of esters is 1. The second kappa shape index (κ2) is 8.69. The van der Waals surface area contributed by atoms with Crippen molar-refractivity contribution in [2.75, 3.05) is 18.2 Å². The fraction of sp³-hybridized carbons (Fsp3) is 0.167. The van der Waals surface area contributed by atoms with Gasteiger partial charge in [0.05, 0.1) is 17.5 Å². The maximum absolute atomic E-state index is 12.5. The molecule has 8 nitrogen and oxygen atoms in total. The molecule has 10 heteroatoms. The van der Waals surface area contributed by atoms with Gasteiger partial charge in [0.2, 0.25) is 0 Å². The number of nitriles is 1. The molecule has 0 aliphatic carbocycles. The number of nitrogens with one attached hydrogen (secondary N) is 1. The molecule has 28 heavy (non-hydrogen) atoms. The third-order valence-electron chi connectivity index (χ3n) is 3.57. The first-order valence-electron chi connectivity index (χ1n) is 7.94. The van der Waals surface area contributed by atoms with Crippen LogP contribution in [0.15, 0.2) is 39.3 Å². The van der Waals surface area contributed by atoms with Gasteiger partial charge in [-0.25, -0.2) is 14.8 Å². The van der Waals surface area contributed by atoms with Crippen LogP contribution in [-0.2, 0) is 9.53 Å². The van der Waals surface area contributed by atoms with Gasteiger partial charge in [0.1, 0.15) is 21.7 Å². The van der Waals surface area contributed by atoms with E-state index in [4.69, 9.17) is 14.4 Å². The van der Waals surface area contributed by atoms with Crippen LogP contribution in [0.5, 0.6) is 0 Å². The number of aryl methyl sites for hydroxylation is 1. The number of thioether (sulfide) groups is 1. The van der Waals surface area contributed by atoms with E-state index in [0.29, 0.717) is 32.9 Å². The van der Waals surface area contributed by atoms with E-state index < -0.39 is 18.5 Å². The highest BCUT2D eigenvalue weighted by molar-refractivity contribution is 7.98. The van der Waals surface area contributed by atoms with E-state index in [0.717, 1.165) is 0 Å². The minimum absolute atomic E-state index is 0.199. The monoisotopic (exact) mass is 414 g/mol. The maximum Gasteiger partial charge on any atom is 0.343 e. The maximum atomic E-state index is 12.5. The Morgan fingerprint density at radius 2 is 2.21 bits per heavy atom. The molecule has 0 aromatic carbocycles. The van der Waals surface area contributed by atoms with E-state index in [2.05, 4.69) is 15.3 Å². The topological polar surface area (TPSA) is 118 Å². The van der Waals surface area contributed by atoms with Crippen molar-refractivity contribution in [1.29, 1.82) is 5.26 Å². The minimum Gasteiger partial charge on any atom is -0.461 e. The van der Waals surface area contributed by atoms with Crippen molar-refractivity contribution in [2.45, 2.75) is 11.9 Å². The Labute approximate surface area is 168 Å². The standard InChI is InChI=1S/C18H14N4O4S2/c1-10-14(17(27-2)22-15(20-10)12-4-3-6-25-12)18(24)26-9-13(23)21-16-11(8-19)5-7-28-16/h3-7H,9H2,1-2H3,(H,21,23). The number of nitrogens with zero attached hydrogens (tertiary/aromatic N) is 3. The first kappa shape index (κ1) is 19.6. The first-order valence-corrected chi connectivity index (χ1v) is 10.0. The van der Waals surface area contributed by atoms with Crippen LogP contribution in [0.2, 0.25) is 0 Å². The van der Waals surface area contributed by atoms with Crippen LogP contribution in [0.4, 0.5) is 5.00 Å². The lowest BCUT2D eigenvalue weighted by Gasteiger charge is -2.11. The van der Waals surface area contributed by atoms with Gasteiger partial charge in [-0.2, -0.15) is 5.26 Å². The smallest absolute Gasteiger partial charge is 0.343 e. The van der Waals surface area contributed by atoms with E-state index in [1.54, 1.807) is 36.8 Å². The molecular weight excluding hydrogens is 400 g/mol. The average molecular weight is 414 g/mol. The largest absolute Gasteiger partial charge is 0.461 e. The highest BCUT2D eigenvalue weighted by Gasteiger charge is 2.22. The molecule has 0 bridgehead atoms. The second-order valence-electron chi connectivity index (χ2n) is 5.39. The number of rotatable bonds is 6. The molecule has 1 amide bonds. The fourth-order valence-electron chi connectivity index (χ4n) is 2.31. The van der Waals surface area contributed by atoms with Crippen molar-refractivity contribution in [1.82, 2.24) is 9.97 Å².